The molecule has 0 aliphatic rings. The second-order valence-corrected chi connectivity index (χ2v) is 6.87. The lowest BCUT2D eigenvalue weighted by molar-refractivity contribution is -0.114. The van der Waals surface area contributed by atoms with Crippen LogP contribution in [0.4, 0.5) is 15.8 Å². The van der Waals surface area contributed by atoms with Gasteiger partial charge in [-0.15, -0.1) is 0 Å². The molecule has 0 aromatic heterocycles. The van der Waals surface area contributed by atoms with E-state index in [1.165, 1.54) is 32.2 Å². The van der Waals surface area contributed by atoms with Crippen LogP contribution in [0.25, 0.3) is 0 Å². The van der Waals surface area contributed by atoms with Gasteiger partial charge in [0, 0.05) is 13.0 Å². The SMILES string of the molecule is COc1cc(NS(=O)(=O)c2ccc(F)c(Cl)c2)ccc1NC(C)=O. The van der Waals surface area contributed by atoms with Gasteiger partial charge in [-0.3, -0.25) is 9.52 Å². The predicted molar refractivity (Wildman–Crippen MR) is 89.5 cm³/mol. The molecule has 0 bridgehead atoms. The summed E-state index contributed by atoms with van der Waals surface area (Å²) in [5.74, 6) is -0.720. The summed E-state index contributed by atoms with van der Waals surface area (Å²) >= 11 is 5.61. The van der Waals surface area contributed by atoms with Gasteiger partial charge in [0.25, 0.3) is 10.0 Å². The summed E-state index contributed by atoms with van der Waals surface area (Å²) in [5, 5.41) is 2.26. The lowest BCUT2D eigenvalue weighted by Crippen LogP contribution is -2.13. The van der Waals surface area contributed by atoms with Crippen molar-refractivity contribution >= 4 is 38.9 Å². The molecule has 6 nitrogen and oxygen atoms in total. The number of sulfonamides is 1. The molecule has 2 N–H and O–H groups in total. The third kappa shape index (κ3) is 4.15. The molecule has 0 heterocycles. The molecule has 24 heavy (non-hydrogen) atoms. The van der Waals surface area contributed by atoms with Crippen LogP contribution in [0.3, 0.4) is 0 Å². The van der Waals surface area contributed by atoms with Crippen LogP contribution in [0.2, 0.25) is 5.02 Å². The number of nitrogens with one attached hydrogen (secondary N) is 2. The number of carbonyl (C=O) groups excluding carboxylic acids is 1. The second kappa shape index (κ2) is 7.06. The van der Waals surface area contributed by atoms with Crippen molar-refractivity contribution < 1.29 is 22.3 Å². The van der Waals surface area contributed by atoms with Crippen molar-refractivity contribution in [3.05, 3.63) is 47.2 Å². The minimum absolute atomic E-state index is 0.182. The fourth-order valence-electron chi connectivity index (χ4n) is 1.91. The summed E-state index contributed by atoms with van der Waals surface area (Å²) < 4.78 is 45.3. The Labute approximate surface area is 143 Å². The Hall–Kier alpha value is -2.32. The van der Waals surface area contributed by atoms with Crippen LogP contribution < -0.4 is 14.8 Å². The van der Waals surface area contributed by atoms with Crippen molar-refractivity contribution in [2.24, 2.45) is 0 Å². The van der Waals surface area contributed by atoms with Gasteiger partial charge < -0.3 is 10.1 Å². The number of methoxy groups -OCH3 is 1. The molecular formula is C15H14ClFN2O4S. The molecule has 0 saturated carbocycles. The minimum Gasteiger partial charge on any atom is -0.494 e. The van der Waals surface area contributed by atoms with Crippen LogP contribution in [-0.4, -0.2) is 21.4 Å². The van der Waals surface area contributed by atoms with E-state index in [2.05, 4.69) is 10.0 Å². The molecule has 0 saturated heterocycles. The molecule has 128 valence electrons. The van der Waals surface area contributed by atoms with E-state index in [4.69, 9.17) is 16.3 Å². The van der Waals surface area contributed by atoms with E-state index < -0.39 is 15.8 Å². The number of anilines is 2. The molecule has 1 amide bonds. The van der Waals surface area contributed by atoms with E-state index in [1.54, 1.807) is 0 Å². The highest BCUT2D eigenvalue weighted by atomic mass is 35.5. The van der Waals surface area contributed by atoms with Gasteiger partial charge in [-0.05, 0) is 30.3 Å². The van der Waals surface area contributed by atoms with Crippen molar-refractivity contribution in [3.8, 4) is 5.75 Å². The van der Waals surface area contributed by atoms with E-state index in [1.807, 2.05) is 0 Å². The number of halogens is 2. The van der Waals surface area contributed by atoms with Crippen LogP contribution in [-0.2, 0) is 14.8 Å². The zero-order valence-corrected chi connectivity index (χ0v) is 14.3. The Morgan fingerprint density at radius 2 is 1.92 bits per heavy atom. The largest absolute Gasteiger partial charge is 0.494 e. The number of carbonyl (C=O) groups is 1. The number of amides is 1. The average Bonchev–Trinajstić information content (AvgIpc) is 2.50. The third-order valence-corrected chi connectivity index (χ3v) is 4.63. The Kier molecular flexibility index (Phi) is 5.30. The Morgan fingerprint density at radius 1 is 1.21 bits per heavy atom. The van der Waals surface area contributed by atoms with E-state index >= 15 is 0 Å². The highest BCUT2D eigenvalue weighted by Crippen LogP contribution is 2.29. The molecule has 0 fully saturated rings. The smallest absolute Gasteiger partial charge is 0.261 e. The molecule has 0 atom stereocenters. The van der Waals surface area contributed by atoms with Crippen molar-refractivity contribution in [1.29, 1.82) is 0 Å². The van der Waals surface area contributed by atoms with Crippen LogP contribution in [0.5, 0.6) is 5.75 Å². The number of benzene rings is 2. The summed E-state index contributed by atoms with van der Waals surface area (Å²) in [5.41, 5.74) is 0.610. The molecule has 0 spiro atoms. The summed E-state index contributed by atoms with van der Waals surface area (Å²) in [6.07, 6.45) is 0. The number of hydrogen-bond acceptors (Lipinski definition) is 4. The Morgan fingerprint density at radius 3 is 2.50 bits per heavy atom. The van der Waals surface area contributed by atoms with Gasteiger partial charge in [0.1, 0.15) is 11.6 Å². The first-order chi connectivity index (χ1) is 11.2. The molecular weight excluding hydrogens is 359 g/mol. The third-order valence-electron chi connectivity index (χ3n) is 2.97. The van der Waals surface area contributed by atoms with E-state index in [-0.39, 0.29) is 27.3 Å². The number of hydrogen-bond donors (Lipinski definition) is 2. The first-order valence-corrected chi connectivity index (χ1v) is 8.52. The number of rotatable bonds is 5. The van der Waals surface area contributed by atoms with Gasteiger partial charge in [0.15, 0.2) is 0 Å². The fourth-order valence-corrected chi connectivity index (χ4v) is 3.23. The molecule has 0 unspecified atom stereocenters. The van der Waals surface area contributed by atoms with Gasteiger partial charge in [-0.2, -0.15) is 0 Å². The van der Waals surface area contributed by atoms with Gasteiger partial charge in [-0.1, -0.05) is 11.6 Å². The maximum atomic E-state index is 13.2. The first kappa shape index (κ1) is 18.0. The molecule has 2 rings (SSSR count). The molecule has 0 aliphatic carbocycles. The summed E-state index contributed by atoms with van der Waals surface area (Å²) in [6.45, 7) is 1.34. The van der Waals surface area contributed by atoms with E-state index in [9.17, 15) is 17.6 Å². The second-order valence-electron chi connectivity index (χ2n) is 4.78. The molecule has 2 aromatic carbocycles. The summed E-state index contributed by atoms with van der Waals surface area (Å²) in [4.78, 5) is 10.9. The van der Waals surface area contributed by atoms with E-state index in [0.717, 1.165) is 18.2 Å². The Bertz CT molecular complexity index is 887. The van der Waals surface area contributed by atoms with Gasteiger partial charge in [0.2, 0.25) is 5.91 Å². The highest BCUT2D eigenvalue weighted by molar-refractivity contribution is 7.92. The summed E-state index contributed by atoms with van der Waals surface area (Å²) in [7, 11) is -2.57. The van der Waals surface area contributed by atoms with Crippen molar-refractivity contribution in [2.75, 3.05) is 17.1 Å². The van der Waals surface area contributed by atoms with Gasteiger partial charge in [-0.25, -0.2) is 12.8 Å². The Balaban J connectivity index is 2.32. The van der Waals surface area contributed by atoms with Crippen LogP contribution in [0.1, 0.15) is 6.92 Å². The highest BCUT2D eigenvalue weighted by Gasteiger charge is 2.17. The quantitative estimate of drug-likeness (QED) is 0.843. The zero-order chi connectivity index (χ0) is 17.9. The lowest BCUT2D eigenvalue weighted by Gasteiger charge is -2.13. The van der Waals surface area contributed by atoms with Crippen molar-refractivity contribution in [1.82, 2.24) is 0 Å². The minimum atomic E-state index is -3.96. The average molecular weight is 373 g/mol. The molecule has 2 aromatic rings. The van der Waals surface area contributed by atoms with Crippen LogP contribution in [0.15, 0.2) is 41.3 Å². The van der Waals surface area contributed by atoms with Crippen LogP contribution in [0, 0.1) is 5.82 Å². The normalized spacial score (nSPS) is 11.0. The lowest BCUT2D eigenvalue weighted by atomic mass is 10.2. The topological polar surface area (TPSA) is 84.5 Å². The fraction of sp³-hybridized carbons (Fsp3) is 0.133. The monoisotopic (exact) mass is 372 g/mol. The predicted octanol–water partition coefficient (Wildman–Crippen LogP) is 3.25. The zero-order valence-electron chi connectivity index (χ0n) is 12.8. The maximum absolute atomic E-state index is 13.2. The number of ether oxygens (including phenoxy) is 1. The first-order valence-electron chi connectivity index (χ1n) is 6.66. The van der Waals surface area contributed by atoms with E-state index in [0.29, 0.717) is 5.69 Å². The molecule has 9 heteroatoms. The molecule has 0 radical (unpaired) electrons. The maximum Gasteiger partial charge on any atom is 0.261 e. The standard InChI is InChI=1S/C15H14ClFN2O4S/c1-9(20)18-14-6-3-10(7-15(14)23-2)19-24(21,22)11-4-5-13(17)12(16)8-11/h3-8,19H,1-2H3,(H,18,20). The van der Waals surface area contributed by atoms with Gasteiger partial charge >= 0.3 is 0 Å². The molecule has 0 aliphatic heterocycles. The van der Waals surface area contributed by atoms with Crippen molar-refractivity contribution in [2.45, 2.75) is 11.8 Å². The van der Waals surface area contributed by atoms with Gasteiger partial charge in [0.05, 0.1) is 28.4 Å². The van der Waals surface area contributed by atoms with Crippen LogP contribution >= 0.6 is 11.6 Å². The summed E-state index contributed by atoms with van der Waals surface area (Å²) in [6, 6.07) is 7.45. The van der Waals surface area contributed by atoms with Crippen molar-refractivity contribution in [3.63, 3.8) is 0 Å².